The van der Waals surface area contributed by atoms with Crippen molar-refractivity contribution >= 4 is 21.9 Å². The van der Waals surface area contributed by atoms with Gasteiger partial charge in [-0.3, -0.25) is 0 Å². The van der Waals surface area contributed by atoms with E-state index in [0.29, 0.717) is 4.47 Å². The van der Waals surface area contributed by atoms with Gasteiger partial charge in [-0.15, -0.1) is 0 Å². The van der Waals surface area contributed by atoms with Crippen molar-refractivity contribution in [1.29, 1.82) is 0 Å². The highest BCUT2D eigenvalue weighted by molar-refractivity contribution is 9.10. The van der Waals surface area contributed by atoms with E-state index in [-0.39, 0.29) is 12.4 Å². The van der Waals surface area contributed by atoms with E-state index in [4.69, 9.17) is 0 Å². The summed E-state index contributed by atoms with van der Waals surface area (Å²) in [6, 6.07) is 4.21. The molecule has 17 heavy (non-hydrogen) atoms. The van der Waals surface area contributed by atoms with Crippen LogP contribution in [0.1, 0.15) is 5.56 Å². The number of halogens is 2. The molecule has 0 atom stereocenters. The van der Waals surface area contributed by atoms with Crippen LogP contribution in [0, 0.1) is 15.9 Å². The quantitative estimate of drug-likeness (QED) is 0.643. The lowest BCUT2D eigenvalue weighted by atomic mass is 10.2. The summed E-state index contributed by atoms with van der Waals surface area (Å²) < 4.78 is 14.7. The molecular formula is C9H6BrFN4O2. The Balaban J connectivity index is 2.22. The summed E-state index contributed by atoms with van der Waals surface area (Å²) in [5.41, 5.74) is 0.756. The van der Waals surface area contributed by atoms with E-state index in [1.165, 1.54) is 23.1 Å². The Morgan fingerprint density at radius 2 is 2.29 bits per heavy atom. The SMILES string of the molecule is O=[N+]([O-])c1ncn(Cc2ccc(F)cc2Br)n1. The van der Waals surface area contributed by atoms with Crippen molar-refractivity contribution < 1.29 is 9.31 Å². The molecule has 0 aliphatic rings. The fourth-order valence-corrected chi connectivity index (χ4v) is 1.75. The molecule has 0 unspecified atom stereocenters. The van der Waals surface area contributed by atoms with Crippen molar-refractivity contribution in [3.05, 3.63) is 50.5 Å². The highest BCUT2D eigenvalue weighted by Crippen LogP contribution is 2.19. The second kappa shape index (κ2) is 4.58. The van der Waals surface area contributed by atoms with Gasteiger partial charge in [-0.25, -0.2) is 4.39 Å². The Labute approximate surface area is 103 Å². The van der Waals surface area contributed by atoms with E-state index in [2.05, 4.69) is 26.0 Å². The van der Waals surface area contributed by atoms with Gasteiger partial charge in [0.2, 0.25) is 6.33 Å². The first kappa shape index (κ1) is 11.6. The van der Waals surface area contributed by atoms with Crippen molar-refractivity contribution in [2.45, 2.75) is 6.54 Å². The molecule has 2 rings (SSSR count). The maximum absolute atomic E-state index is 12.8. The molecule has 0 aliphatic carbocycles. The van der Waals surface area contributed by atoms with E-state index in [1.54, 1.807) is 6.07 Å². The zero-order valence-corrected chi connectivity index (χ0v) is 9.96. The lowest BCUT2D eigenvalue weighted by molar-refractivity contribution is -0.394. The minimum atomic E-state index is -0.670. The monoisotopic (exact) mass is 300 g/mol. The molecule has 88 valence electrons. The molecule has 0 fully saturated rings. The van der Waals surface area contributed by atoms with Gasteiger partial charge in [0.05, 0.1) is 6.54 Å². The molecule has 0 amide bonds. The normalized spacial score (nSPS) is 10.5. The van der Waals surface area contributed by atoms with Crippen molar-refractivity contribution in [2.24, 2.45) is 0 Å². The van der Waals surface area contributed by atoms with Crippen molar-refractivity contribution in [3.63, 3.8) is 0 Å². The van der Waals surface area contributed by atoms with E-state index in [1.807, 2.05) is 0 Å². The topological polar surface area (TPSA) is 73.8 Å². The van der Waals surface area contributed by atoms with E-state index in [0.717, 1.165) is 5.56 Å². The maximum Gasteiger partial charge on any atom is 0.490 e. The van der Waals surface area contributed by atoms with E-state index < -0.39 is 10.9 Å². The second-order valence-corrected chi connectivity index (χ2v) is 4.09. The van der Waals surface area contributed by atoms with Crippen LogP contribution < -0.4 is 0 Å². The van der Waals surface area contributed by atoms with Gasteiger partial charge in [0.1, 0.15) is 5.82 Å². The van der Waals surface area contributed by atoms with Crippen LogP contribution in [0.4, 0.5) is 10.3 Å². The Morgan fingerprint density at radius 3 is 2.88 bits per heavy atom. The third kappa shape index (κ3) is 2.64. The fraction of sp³-hybridized carbons (Fsp3) is 0.111. The molecule has 1 aromatic carbocycles. The standard InChI is InChI=1S/C9H6BrFN4O2/c10-8-3-7(11)2-1-6(8)4-14-5-12-9(13-14)15(16)17/h1-3,5H,4H2. The summed E-state index contributed by atoms with van der Waals surface area (Å²) in [6.07, 6.45) is 1.26. The smallest absolute Gasteiger partial charge is 0.390 e. The predicted molar refractivity (Wildman–Crippen MR) is 59.9 cm³/mol. The molecule has 0 radical (unpaired) electrons. The molecule has 0 bridgehead atoms. The fourth-order valence-electron chi connectivity index (χ4n) is 1.27. The second-order valence-electron chi connectivity index (χ2n) is 3.23. The molecule has 0 aliphatic heterocycles. The van der Waals surface area contributed by atoms with E-state index in [9.17, 15) is 14.5 Å². The maximum atomic E-state index is 12.8. The largest absolute Gasteiger partial charge is 0.490 e. The molecule has 1 heterocycles. The summed E-state index contributed by atoms with van der Waals surface area (Å²) >= 11 is 3.20. The number of nitro groups is 1. The van der Waals surface area contributed by atoms with Crippen molar-refractivity contribution in [3.8, 4) is 0 Å². The molecule has 2 aromatic rings. The first-order valence-corrected chi connectivity index (χ1v) is 5.33. The molecule has 1 aromatic heterocycles. The molecular weight excluding hydrogens is 295 g/mol. The summed E-state index contributed by atoms with van der Waals surface area (Å²) in [7, 11) is 0. The van der Waals surface area contributed by atoms with Crippen LogP contribution in [0.5, 0.6) is 0 Å². The molecule has 0 saturated carbocycles. The molecule has 0 saturated heterocycles. The minimum absolute atomic E-state index is 0.279. The van der Waals surface area contributed by atoms with Gasteiger partial charge >= 0.3 is 5.95 Å². The Hall–Kier alpha value is -1.83. The molecule has 6 nitrogen and oxygen atoms in total. The van der Waals surface area contributed by atoms with Crippen LogP contribution in [0.2, 0.25) is 0 Å². The average Bonchev–Trinajstić information content (AvgIpc) is 2.71. The first-order valence-electron chi connectivity index (χ1n) is 4.54. The highest BCUT2D eigenvalue weighted by Gasteiger charge is 2.14. The van der Waals surface area contributed by atoms with Gasteiger partial charge in [-0.05, 0) is 22.6 Å². The van der Waals surface area contributed by atoms with Gasteiger partial charge in [0, 0.05) is 9.57 Å². The highest BCUT2D eigenvalue weighted by atomic mass is 79.9. The average molecular weight is 301 g/mol. The number of hydrogen-bond donors (Lipinski definition) is 0. The van der Waals surface area contributed by atoms with Crippen molar-refractivity contribution in [2.75, 3.05) is 0 Å². The lowest BCUT2D eigenvalue weighted by Gasteiger charge is -2.01. The van der Waals surface area contributed by atoms with Crippen LogP contribution in [-0.4, -0.2) is 19.7 Å². The minimum Gasteiger partial charge on any atom is -0.390 e. The Bertz CT molecular complexity index is 572. The number of aromatic nitrogens is 3. The van der Waals surface area contributed by atoms with Crippen LogP contribution in [0.3, 0.4) is 0 Å². The van der Waals surface area contributed by atoms with Gasteiger partial charge in [0.15, 0.2) is 0 Å². The van der Waals surface area contributed by atoms with Crippen LogP contribution >= 0.6 is 15.9 Å². The number of nitrogens with zero attached hydrogens (tertiary/aromatic N) is 4. The van der Waals surface area contributed by atoms with Crippen LogP contribution in [0.25, 0.3) is 0 Å². The number of hydrogen-bond acceptors (Lipinski definition) is 4. The number of rotatable bonds is 3. The number of benzene rings is 1. The van der Waals surface area contributed by atoms with E-state index >= 15 is 0 Å². The van der Waals surface area contributed by atoms with Crippen molar-refractivity contribution in [1.82, 2.24) is 14.8 Å². The van der Waals surface area contributed by atoms with Crippen LogP contribution in [-0.2, 0) is 6.54 Å². The summed E-state index contributed by atoms with van der Waals surface area (Å²) in [5.74, 6) is -0.812. The van der Waals surface area contributed by atoms with Gasteiger partial charge in [0.25, 0.3) is 0 Å². The molecule has 0 spiro atoms. The van der Waals surface area contributed by atoms with Gasteiger partial charge in [-0.1, -0.05) is 27.0 Å². The Kier molecular flexibility index (Phi) is 3.14. The third-order valence-corrected chi connectivity index (χ3v) is 2.77. The van der Waals surface area contributed by atoms with Gasteiger partial charge < -0.3 is 10.1 Å². The third-order valence-electron chi connectivity index (χ3n) is 2.04. The summed E-state index contributed by atoms with van der Waals surface area (Å²) in [6.45, 7) is 0.279. The molecule has 8 heteroatoms. The summed E-state index contributed by atoms with van der Waals surface area (Å²) in [5, 5.41) is 14.0. The first-order chi connectivity index (χ1) is 8.06. The lowest BCUT2D eigenvalue weighted by Crippen LogP contribution is -2.02. The Morgan fingerprint density at radius 1 is 1.53 bits per heavy atom. The summed E-state index contributed by atoms with van der Waals surface area (Å²) in [4.78, 5) is 13.2. The molecule has 0 N–H and O–H groups in total. The zero-order valence-electron chi connectivity index (χ0n) is 8.38. The predicted octanol–water partition coefficient (Wildman–Crippen LogP) is 2.14. The zero-order chi connectivity index (χ0) is 12.4. The van der Waals surface area contributed by atoms with Gasteiger partial charge in [-0.2, -0.15) is 4.68 Å². The van der Waals surface area contributed by atoms with Crippen LogP contribution in [0.15, 0.2) is 29.0 Å².